The van der Waals surface area contributed by atoms with Gasteiger partial charge < -0.3 is 4.74 Å². The molecule has 2 amide bonds. The molecule has 10 heteroatoms. The number of amides is 2. The summed E-state index contributed by atoms with van der Waals surface area (Å²) in [6, 6.07) is 13.3. The molecule has 3 aromatic rings. The van der Waals surface area contributed by atoms with Crippen molar-refractivity contribution in [1.29, 1.82) is 0 Å². The standard InChI is InChI=1S/C20H15N3O5S2/c24-19-14-4-3-9-21-18(14)20(25)22(19)12-13-7-8-17(29-13)30(26,27)23-10-11-28-16-6-2-1-5-15(16)23/h1-9H,10-12H2. The number of hydrogen-bond donors (Lipinski definition) is 0. The average Bonchev–Trinajstić information content (AvgIpc) is 3.34. The monoisotopic (exact) mass is 441 g/mol. The number of benzene rings is 1. The van der Waals surface area contributed by atoms with Crippen LogP contribution in [-0.2, 0) is 16.6 Å². The van der Waals surface area contributed by atoms with E-state index < -0.39 is 21.8 Å². The van der Waals surface area contributed by atoms with Crippen LogP contribution in [0.1, 0.15) is 25.7 Å². The summed E-state index contributed by atoms with van der Waals surface area (Å²) >= 11 is 1.04. The second-order valence-corrected chi connectivity index (χ2v) is 9.97. The van der Waals surface area contributed by atoms with Crippen molar-refractivity contribution in [1.82, 2.24) is 9.88 Å². The van der Waals surface area contributed by atoms with Crippen molar-refractivity contribution in [3.63, 3.8) is 0 Å². The number of sulfonamides is 1. The third-order valence-electron chi connectivity index (χ3n) is 4.91. The van der Waals surface area contributed by atoms with Crippen molar-refractivity contribution in [3.8, 4) is 5.75 Å². The number of hydrogen-bond acceptors (Lipinski definition) is 7. The fourth-order valence-electron chi connectivity index (χ4n) is 3.50. The minimum atomic E-state index is -3.80. The number of aromatic nitrogens is 1. The molecule has 30 heavy (non-hydrogen) atoms. The zero-order valence-corrected chi connectivity index (χ0v) is 17.1. The predicted molar refractivity (Wildman–Crippen MR) is 109 cm³/mol. The summed E-state index contributed by atoms with van der Waals surface area (Å²) in [4.78, 5) is 30.7. The minimum Gasteiger partial charge on any atom is -0.489 e. The molecule has 5 rings (SSSR count). The van der Waals surface area contributed by atoms with Gasteiger partial charge in [-0.25, -0.2) is 8.42 Å². The highest BCUT2D eigenvalue weighted by molar-refractivity contribution is 7.94. The summed E-state index contributed by atoms with van der Waals surface area (Å²) in [5.74, 6) is -0.388. The minimum absolute atomic E-state index is 0.00604. The van der Waals surface area contributed by atoms with Gasteiger partial charge >= 0.3 is 0 Å². The van der Waals surface area contributed by atoms with E-state index in [4.69, 9.17) is 4.74 Å². The first-order valence-electron chi connectivity index (χ1n) is 9.11. The van der Waals surface area contributed by atoms with Gasteiger partial charge in [0.2, 0.25) is 0 Å². The first kappa shape index (κ1) is 18.8. The predicted octanol–water partition coefficient (Wildman–Crippen LogP) is 2.53. The quantitative estimate of drug-likeness (QED) is 0.577. The van der Waals surface area contributed by atoms with E-state index in [9.17, 15) is 18.0 Å². The van der Waals surface area contributed by atoms with Crippen LogP contribution in [0.2, 0.25) is 0 Å². The molecule has 0 atom stereocenters. The maximum absolute atomic E-state index is 13.2. The number of pyridine rings is 1. The number of thiophene rings is 1. The van der Waals surface area contributed by atoms with E-state index in [0.29, 0.717) is 16.3 Å². The lowest BCUT2D eigenvalue weighted by atomic mass is 10.2. The van der Waals surface area contributed by atoms with E-state index in [1.165, 1.54) is 16.6 Å². The van der Waals surface area contributed by atoms with E-state index in [1.54, 1.807) is 42.5 Å². The summed E-state index contributed by atoms with van der Waals surface area (Å²) in [7, 11) is -3.80. The van der Waals surface area contributed by atoms with Crippen LogP contribution < -0.4 is 9.04 Å². The fourth-order valence-corrected chi connectivity index (χ4v) is 6.42. The molecule has 2 aromatic heterocycles. The van der Waals surface area contributed by atoms with Crippen LogP contribution in [0, 0.1) is 0 Å². The molecule has 0 spiro atoms. The van der Waals surface area contributed by atoms with Gasteiger partial charge in [-0.15, -0.1) is 11.3 Å². The Morgan fingerprint density at radius 1 is 1.03 bits per heavy atom. The van der Waals surface area contributed by atoms with Gasteiger partial charge in [-0.3, -0.25) is 23.8 Å². The van der Waals surface area contributed by atoms with Crippen LogP contribution >= 0.6 is 11.3 Å². The molecule has 0 fully saturated rings. The zero-order chi connectivity index (χ0) is 20.9. The highest BCUT2D eigenvalue weighted by atomic mass is 32.2. The molecule has 2 aliphatic rings. The molecule has 0 N–H and O–H groups in total. The number of anilines is 1. The van der Waals surface area contributed by atoms with Crippen molar-refractivity contribution in [2.75, 3.05) is 17.5 Å². The SMILES string of the molecule is O=C1c2cccnc2C(=O)N1Cc1ccc(S(=O)(=O)N2CCOc3ccccc32)s1. The van der Waals surface area contributed by atoms with E-state index in [-0.39, 0.29) is 35.2 Å². The van der Waals surface area contributed by atoms with E-state index in [2.05, 4.69) is 4.98 Å². The van der Waals surface area contributed by atoms with Crippen LogP contribution in [0.3, 0.4) is 0 Å². The molecule has 2 aliphatic heterocycles. The Hall–Kier alpha value is -3.24. The van der Waals surface area contributed by atoms with Gasteiger partial charge in [-0.2, -0.15) is 0 Å². The third-order valence-corrected chi connectivity index (χ3v) is 8.26. The summed E-state index contributed by atoms with van der Waals surface area (Å²) in [5, 5.41) is 0. The number of imide groups is 1. The number of nitrogens with zero attached hydrogens (tertiary/aromatic N) is 3. The van der Waals surface area contributed by atoms with Crippen molar-refractivity contribution >= 4 is 38.9 Å². The van der Waals surface area contributed by atoms with Crippen molar-refractivity contribution in [3.05, 3.63) is 70.9 Å². The van der Waals surface area contributed by atoms with Crippen LogP contribution in [0.4, 0.5) is 5.69 Å². The maximum Gasteiger partial charge on any atom is 0.280 e. The average molecular weight is 441 g/mol. The molecule has 0 unspecified atom stereocenters. The number of ether oxygens (including phenoxy) is 1. The Morgan fingerprint density at radius 3 is 2.70 bits per heavy atom. The number of carbonyl (C=O) groups excluding carboxylic acids is 2. The highest BCUT2D eigenvalue weighted by Crippen LogP contribution is 2.37. The smallest absolute Gasteiger partial charge is 0.280 e. The molecule has 0 bridgehead atoms. The largest absolute Gasteiger partial charge is 0.489 e. The van der Waals surface area contributed by atoms with E-state index in [0.717, 1.165) is 16.2 Å². The van der Waals surface area contributed by atoms with Gasteiger partial charge in [0.1, 0.15) is 22.3 Å². The van der Waals surface area contributed by atoms with Gasteiger partial charge in [0.05, 0.1) is 24.3 Å². The van der Waals surface area contributed by atoms with Crippen molar-refractivity contribution in [2.24, 2.45) is 0 Å². The van der Waals surface area contributed by atoms with E-state index in [1.807, 2.05) is 0 Å². The van der Waals surface area contributed by atoms with Crippen molar-refractivity contribution < 1.29 is 22.7 Å². The normalized spacial score (nSPS) is 15.7. The Labute approximate surface area is 176 Å². The number of fused-ring (bicyclic) bond motifs is 2. The van der Waals surface area contributed by atoms with Crippen LogP contribution in [0.15, 0.2) is 58.9 Å². The molecular weight excluding hydrogens is 426 g/mol. The second-order valence-electron chi connectivity index (χ2n) is 6.71. The Bertz CT molecular complexity index is 1250. The first-order valence-corrected chi connectivity index (χ1v) is 11.4. The lowest BCUT2D eigenvalue weighted by molar-refractivity contribution is 0.0642. The molecule has 0 radical (unpaired) electrons. The molecule has 8 nitrogen and oxygen atoms in total. The molecular formula is C20H15N3O5S2. The first-order chi connectivity index (χ1) is 14.5. The Morgan fingerprint density at radius 2 is 1.87 bits per heavy atom. The molecule has 0 aliphatic carbocycles. The molecule has 4 heterocycles. The number of carbonyl (C=O) groups is 2. The topological polar surface area (TPSA) is 96.9 Å². The van der Waals surface area contributed by atoms with E-state index >= 15 is 0 Å². The van der Waals surface area contributed by atoms with Gasteiger partial charge in [-0.1, -0.05) is 12.1 Å². The lowest BCUT2D eigenvalue weighted by Gasteiger charge is -2.29. The Balaban J connectivity index is 1.42. The Kier molecular flexibility index (Phi) is 4.33. The maximum atomic E-state index is 13.2. The molecule has 0 saturated carbocycles. The van der Waals surface area contributed by atoms with Crippen LogP contribution in [-0.4, -0.2) is 43.3 Å². The van der Waals surface area contributed by atoms with Crippen LogP contribution in [0.25, 0.3) is 0 Å². The highest BCUT2D eigenvalue weighted by Gasteiger charge is 2.37. The fraction of sp³-hybridized carbons (Fsp3) is 0.150. The summed E-state index contributed by atoms with van der Waals surface area (Å²) in [5.41, 5.74) is 0.874. The lowest BCUT2D eigenvalue weighted by Crippen LogP contribution is -2.37. The van der Waals surface area contributed by atoms with Gasteiger partial charge in [0.15, 0.2) is 0 Å². The number of para-hydroxylation sites is 2. The zero-order valence-electron chi connectivity index (χ0n) is 15.5. The summed E-state index contributed by atoms with van der Waals surface area (Å²) in [6.45, 7) is 0.459. The third kappa shape index (κ3) is 2.87. The number of rotatable bonds is 4. The summed E-state index contributed by atoms with van der Waals surface area (Å²) < 4.78 is 33.5. The van der Waals surface area contributed by atoms with Gasteiger partial charge in [-0.05, 0) is 36.4 Å². The second kappa shape index (κ2) is 6.92. The van der Waals surface area contributed by atoms with Gasteiger partial charge in [0.25, 0.3) is 21.8 Å². The summed E-state index contributed by atoms with van der Waals surface area (Å²) in [6.07, 6.45) is 1.46. The molecule has 0 saturated heterocycles. The van der Waals surface area contributed by atoms with Crippen LogP contribution in [0.5, 0.6) is 5.75 Å². The van der Waals surface area contributed by atoms with Gasteiger partial charge in [0, 0.05) is 11.1 Å². The molecule has 1 aromatic carbocycles. The molecule has 152 valence electrons. The van der Waals surface area contributed by atoms with Crippen molar-refractivity contribution in [2.45, 2.75) is 10.8 Å².